The summed E-state index contributed by atoms with van der Waals surface area (Å²) in [4.78, 5) is 10.6. The highest BCUT2D eigenvalue weighted by Gasteiger charge is 2.20. The highest BCUT2D eigenvalue weighted by atomic mass is 32.2. The van der Waals surface area contributed by atoms with Gasteiger partial charge in [-0.25, -0.2) is 17.5 Å². The van der Waals surface area contributed by atoms with Crippen molar-refractivity contribution in [2.24, 2.45) is 5.92 Å². The van der Waals surface area contributed by atoms with Gasteiger partial charge in [0.1, 0.15) is 0 Å². The lowest BCUT2D eigenvalue weighted by Gasteiger charge is -2.18. The first-order valence-electron chi connectivity index (χ1n) is 6.71. The highest BCUT2D eigenvalue weighted by molar-refractivity contribution is 7.89. The van der Waals surface area contributed by atoms with Crippen LogP contribution in [0.25, 0.3) is 6.08 Å². The first-order valence-corrected chi connectivity index (χ1v) is 8.15. The predicted molar refractivity (Wildman–Crippen MR) is 82.4 cm³/mol. The van der Waals surface area contributed by atoms with Crippen molar-refractivity contribution in [3.63, 3.8) is 0 Å². The van der Waals surface area contributed by atoms with Crippen LogP contribution in [-0.2, 0) is 14.8 Å². The van der Waals surface area contributed by atoms with Gasteiger partial charge >= 0.3 is 5.97 Å². The standard InChI is InChI=1S/C15H21NO4S/c1-12(2)10-11-16(3)21(19,20)14-7-4-13(5-8-14)6-9-15(17)18/h4-9,12H,10-11H2,1-3H3,(H,17,18)/b9-6+. The van der Waals surface area contributed by atoms with Gasteiger partial charge in [-0.1, -0.05) is 26.0 Å². The van der Waals surface area contributed by atoms with Gasteiger partial charge < -0.3 is 5.11 Å². The molecule has 0 aliphatic heterocycles. The van der Waals surface area contributed by atoms with Gasteiger partial charge in [-0.15, -0.1) is 0 Å². The van der Waals surface area contributed by atoms with Crippen LogP contribution in [0.4, 0.5) is 0 Å². The second-order valence-electron chi connectivity index (χ2n) is 5.25. The topological polar surface area (TPSA) is 74.7 Å². The third kappa shape index (κ3) is 5.32. The third-order valence-electron chi connectivity index (χ3n) is 3.03. The summed E-state index contributed by atoms with van der Waals surface area (Å²) >= 11 is 0. The van der Waals surface area contributed by atoms with Crippen molar-refractivity contribution in [1.82, 2.24) is 4.31 Å². The van der Waals surface area contributed by atoms with Gasteiger partial charge in [-0.3, -0.25) is 0 Å². The van der Waals surface area contributed by atoms with Gasteiger partial charge in [0.15, 0.2) is 0 Å². The van der Waals surface area contributed by atoms with E-state index in [1.807, 2.05) is 13.8 Å². The molecule has 116 valence electrons. The minimum atomic E-state index is -3.49. The number of rotatable bonds is 7. The molecule has 0 saturated heterocycles. The van der Waals surface area contributed by atoms with Crippen molar-refractivity contribution in [3.8, 4) is 0 Å². The Morgan fingerprint density at radius 3 is 2.33 bits per heavy atom. The van der Waals surface area contributed by atoms with Crippen LogP contribution in [0.3, 0.4) is 0 Å². The molecular formula is C15H21NO4S. The number of hydrogen-bond donors (Lipinski definition) is 1. The molecule has 21 heavy (non-hydrogen) atoms. The summed E-state index contributed by atoms with van der Waals surface area (Å²) in [7, 11) is -1.92. The molecule has 0 atom stereocenters. The van der Waals surface area contributed by atoms with E-state index in [2.05, 4.69) is 0 Å². The van der Waals surface area contributed by atoms with E-state index in [0.717, 1.165) is 12.5 Å². The SMILES string of the molecule is CC(C)CCN(C)S(=O)(=O)c1ccc(/C=C/C(=O)O)cc1. The van der Waals surface area contributed by atoms with Crippen LogP contribution < -0.4 is 0 Å². The minimum absolute atomic E-state index is 0.209. The van der Waals surface area contributed by atoms with E-state index in [1.165, 1.54) is 22.5 Å². The fourth-order valence-electron chi connectivity index (χ4n) is 1.66. The van der Waals surface area contributed by atoms with Gasteiger partial charge in [-0.2, -0.15) is 0 Å². The van der Waals surface area contributed by atoms with Crippen LogP contribution in [0.15, 0.2) is 35.2 Å². The second kappa shape index (κ2) is 7.38. The van der Waals surface area contributed by atoms with Crippen LogP contribution >= 0.6 is 0 Å². The summed E-state index contributed by atoms with van der Waals surface area (Å²) in [6.45, 7) is 4.56. The van der Waals surface area contributed by atoms with Crippen molar-refractivity contribution in [2.75, 3.05) is 13.6 Å². The molecule has 0 aliphatic rings. The molecule has 0 aromatic heterocycles. The maximum atomic E-state index is 12.3. The van der Waals surface area contributed by atoms with Gasteiger partial charge in [0, 0.05) is 19.7 Å². The maximum absolute atomic E-state index is 12.3. The normalized spacial score (nSPS) is 12.4. The Labute approximate surface area is 126 Å². The number of aliphatic carboxylic acids is 1. The largest absolute Gasteiger partial charge is 0.478 e. The van der Waals surface area contributed by atoms with Crippen LogP contribution in [0.1, 0.15) is 25.8 Å². The lowest BCUT2D eigenvalue weighted by Crippen LogP contribution is -2.28. The summed E-state index contributed by atoms with van der Waals surface area (Å²) in [5.74, 6) is -0.605. The molecular weight excluding hydrogens is 290 g/mol. The predicted octanol–water partition coefficient (Wildman–Crippen LogP) is 2.45. The lowest BCUT2D eigenvalue weighted by atomic mass is 10.1. The molecule has 0 fully saturated rings. The Bertz CT molecular complexity index is 603. The van der Waals surface area contributed by atoms with Crippen LogP contribution in [-0.4, -0.2) is 37.4 Å². The molecule has 0 bridgehead atoms. The summed E-state index contributed by atoms with van der Waals surface area (Å²) in [5, 5.41) is 8.55. The smallest absolute Gasteiger partial charge is 0.328 e. The molecule has 0 radical (unpaired) electrons. The fraction of sp³-hybridized carbons (Fsp3) is 0.400. The number of hydrogen-bond acceptors (Lipinski definition) is 3. The Kier molecular flexibility index (Phi) is 6.11. The van der Waals surface area contributed by atoms with Crippen molar-refractivity contribution in [1.29, 1.82) is 0 Å². The molecule has 0 unspecified atom stereocenters. The van der Waals surface area contributed by atoms with E-state index >= 15 is 0 Å². The third-order valence-corrected chi connectivity index (χ3v) is 4.90. The average Bonchev–Trinajstić information content (AvgIpc) is 2.42. The summed E-state index contributed by atoms with van der Waals surface area (Å²) < 4.78 is 26.0. The Balaban J connectivity index is 2.87. The van der Waals surface area contributed by atoms with E-state index in [9.17, 15) is 13.2 Å². The lowest BCUT2D eigenvalue weighted by molar-refractivity contribution is -0.131. The summed E-state index contributed by atoms with van der Waals surface area (Å²) in [6.07, 6.45) is 3.23. The Hall–Kier alpha value is -1.66. The number of benzene rings is 1. The number of nitrogens with zero attached hydrogens (tertiary/aromatic N) is 1. The van der Waals surface area contributed by atoms with E-state index in [1.54, 1.807) is 19.2 Å². The zero-order chi connectivity index (χ0) is 16.0. The molecule has 6 heteroatoms. The van der Waals surface area contributed by atoms with Crippen molar-refractivity contribution in [3.05, 3.63) is 35.9 Å². The number of carboxylic acid groups (broad SMARTS) is 1. The van der Waals surface area contributed by atoms with Crippen molar-refractivity contribution < 1.29 is 18.3 Å². The molecule has 1 aromatic carbocycles. The van der Waals surface area contributed by atoms with E-state index < -0.39 is 16.0 Å². The molecule has 1 N–H and O–H groups in total. The average molecular weight is 311 g/mol. The second-order valence-corrected chi connectivity index (χ2v) is 7.29. The maximum Gasteiger partial charge on any atom is 0.328 e. The molecule has 0 saturated carbocycles. The Morgan fingerprint density at radius 2 is 1.86 bits per heavy atom. The first-order chi connectivity index (χ1) is 9.73. The zero-order valence-corrected chi connectivity index (χ0v) is 13.3. The van der Waals surface area contributed by atoms with Gasteiger partial charge in [-0.05, 0) is 36.1 Å². The minimum Gasteiger partial charge on any atom is -0.478 e. The first kappa shape index (κ1) is 17.4. The van der Waals surface area contributed by atoms with Gasteiger partial charge in [0.05, 0.1) is 4.90 Å². The van der Waals surface area contributed by atoms with Crippen molar-refractivity contribution in [2.45, 2.75) is 25.2 Å². The Morgan fingerprint density at radius 1 is 1.29 bits per heavy atom. The highest BCUT2D eigenvalue weighted by Crippen LogP contribution is 2.17. The monoisotopic (exact) mass is 311 g/mol. The van der Waals surface area contributed by atoms with Crippen LogP contribution in [0.5, 0.6) is 0 Å². The zero-order valence-electron chi connectivity index (χ0n) is 12.5. The quantitative estimate of drug-likeness (QED) is 0.785. The molecule has 0 spiro atoms. The van der Waals surface area contributed by atoms with E-state index in [0.29, 0.717) is 18.0 Å². The molecule has 0 amide bonds. The number of carbonyl (C=O) groups is 1. The molecule has 1 aromatic rings. The van der Waals surface area contributed by atoms with E-state index in [-0.39, 0.29) is 4.90 Å². The number of sulfonamides is 1. The van der Waals surface area contributed by atoms with E-state index in [4.69, 9.17) is 5.11 Å². The molecule has 1 rings (SSSR count). The molecule has 0 aliphatic carbocycles. The van der Waals surface area contributed by atoms with Crippen LogP contribution in [0, 0.1) is 5.92 Å². The molecule has 5 nitrogen and oxygen atoms in total. The van der Waals surface area contributed by atoms with Crippen LogP contribution in [0.2, 0.25) is 0 Å². The van der Waals surface area contributed by atoms with Gasteiger partial charge in [0.25, 0.3) is 0 Å². The molecule has 0 heterocycles. The summed E-state index contributed by atoms with van der Waals surface area (Å²) in [6, 6.07) is 6.15. The van der Waals surface area contributed by atoms with Crippen molar-refractivity contribution >= 4 is 22.1 Å². The van der Waals surface area contributed by atoms with Gasteiger partial charge in [0.2, 0.25) is 10.0 Å². The fourth-order valence-corrected chi connectivity index (χ4v) is 2.84. The summed E-state index contributed by atoms with van der Waals surface area (Å²) in [5.41, 5.74) is 0.640. The number of carboxylic acids is 1.